The molecule has 9 heteroatoms. The van der Waals surface area contributed by atoms with Gasteiger partial charge in [0.15, 0.2) is 6.10 Å². The average Bonchev–Trinajstić information content (AvgIpc) is 2.54. The van der Waals surface area contributed by atoms with E-state index in [0.29, 0.717) is 27.6 Å². The Labute approximate surface area is 161 Å². The molecule has 1 atom stereocenters. The van der Waals surface area contributed by atoms with Gasteiger partial charge in [-0.2, -0.15) is 0 Å². The molecule has 3 rings (SSSR count). The first-order valence-electron chi connectivity index (χ1n) is 7.69. The van der Waals surface area contributed by atoms with Crippen molar-refractivity contribution >= 4 is 50.5 Å². The Balaban J connectivity index is 2.00. The molecule has 2 aromatic carbocycles. The summed E-state index contributed by atoms with van der Waals surface area (Å²) in [7, 11) is -3.99. The van der Waals surface area contributed by atoms with E-state index in [0.717, 1.165) is 0 Å². The largest absolute Gasteiger partial charge is 0.479 e. The Hall–Kier alpha value is -1.96. The second kappa shape index (κ2) is 6.64. The van der Waals surface area contributed by atoms with Crippen molar-refractivity contribution in [1.29, 1.82) is 0 Å². The minimum Gasteiger partial charge on any atom is -0.479 e. The van der Waals surface area contributed by atoms with E-state index in [-0.39, 0.29) is 21.5 Å². The fraction of sp³-hybridized carbons (Fsp3) is 0.235. The number of fused-ring (bicyclic) bond motifs is 1. The molecule has 1 aliphatic heterocycles. The fourth-order valence-electron chi connectivity index (χ4n) is 2.61. The first-order valence-corrected chi connectivity index (χ1v) is 9.93. The zero-order chi connectivity index (χ0) is 19.2. The smallest absolute Gasteiger partial charge is 0.265 e. The van der Waals surface area contributed by atoms with Crippen LogP contribution in [0.3, 0.4) is 0 Å². The first kappa shape index (κ1) is 18.8. The van der Waals surface area contributed by atoms with Crippen LogP contribution in [0.5, 0.6) is 5.75 Å². The molecule has 2 N–H and O–H groups in total. The fourth-order valence-corrected chi connectivity index (χ4v) is 4.88. The van der Waals surface area contributed by atoms with E-state index in [1.807, 2.05) is 0 Å². The summed E-state index contributed by atoms with van der Waals surface area (Å²) in [4.78, 5) is 11.7. The molecule has 0 saturated heterocycles. The zero-order valence-electron chi connectivity index (χ0n) is 14.2. The molecule has 1 heterocycles. The molecule has 1 amide bonds. The normalized spacial score (nSPS) is 16.5. The van der Waals surface area contributed by atoms with Gasteiger partial charge >= 0.3 is 0 Å². The third-order valence-electron chi connectivity index (χ3n) is 4.02. The van der Waals surface area contributed by atoms with Crippen molar-refractivity contribution in [1.82, 2.24) is 0 Å². The number of carbonyl (C=O) groups excluding carboxylic acids is 1. The van der Waals surface area contributed by atoms with Crippen molar-refractivity contribution in [2.24, 2.45) is 0 Å². The summed E-state index contributed by atoms with van der Waals surface area (Å²) in [5.74, 6) is 0.162. The number of sulfonamides is 1. The van der Waals surface area contributed by atoms with Gasteiger partial charge in [0.1, 0.15) is 10.6 Å². The second-order valence-corrected chi connectivity index (χ2v) is 8.41. The van der Waals surface area contributed by atoms with Gasteiger partial charge < -0.3 is 10.1 Å². The highest BCUT2D eigenvalue weighted by Gasteiger charge is 2.26. The van der Waals surface area contributed by atoms with Crippen molar-refractivity contribution in [3.8, 4) is 5.75 Å². The number of ether oxygens (including phenoxy) is 1. The molecule has 2 aromatic rings. The Morgan fingerprint density at radius 1 is 1.19 bits per heavy atom. The highest BCUT2D eigenvalue weighted by Crippen LogP contribution is 2.36. The predicted molar refractivity (Wildman–Crippen MR) is 102 cm³/mol. The SMILES string of the molecule is Cc1cc(Cl)c(C)c(S(=O)(=O)Nc2ccc3c(c2)NC(=O)[C@@H](C)O3)c1Cl. The van der Waals surface area contributed by atoms with E-state index in [2.05, 4.69) is 10.0 Å². The Kier molecular flexibility index (Phi) is 4.81. The topological polar surface area (TPSA) is 84.5 Å². The number of hydrogen-bond acceptors (Lipinski definition) is 4. The summed E-state index contributed by atoms with van der Waals surface area (Å²) >= 11 is 12.3. The lowest BCUT2D eigenvalue weighted by Crippen LogP contribution is -2.34. The second-order valence-electron chi connectivity index (χ2n) is 6.01. The number of halogens is 2. The zero-order valence-corrected chi connectivity index (χ0v) is 16.5. The van der Waals surface area contributed by atoms with Gasteiger partial charge in [-0.15, -0.1) is 0 Å². The van der Waals surface area contributed by atoms with Gasteiger partial charge in [0.25, 0.3) is 15.9 Å². The number of benzene rings is 2. The first-order chi connectivity index (χ1) is 12.1. The lowest BCUT2D eigenvalue weighted by molar-refractivity contribution is -0.122. The van der Waals surface area contributed by atoms with Crippen LogP contribution in [0, 0.1) is 13.8 Å². The highest BCUT2D eigenvalue weighted by atomic mass is 35.5. The summed E-state index contributed by atoms with van der Waals surface area (Å²) in [5, 5.41) is 3.10. The summed E-state index contributed by atoms with van der Waals surface area (Å²) in [6, 6.07) is 6.23. The van der Waals surface area contributed by atoms with Gasteiger partial charge in [0.05, 0.1) is 16.4 Å². The van der Waals surface area contributed by atoms with Crippen LogP contribution in [0.2, 0.25) is 10.0 Å². The molecule has 0 spiro atoms. The lowest BCUT2D eigenvalue weighted by Gasteiger charge is -2.24. The maximum atomic E-state index is 12.9. The van der Waals surface area contributed by atoms with E-state index in [1.165, 1.54) is 6.07 Å². The van der Waals surface area contributed by atoms with Gasteiger partial charge in [-0.1, -0.05) is 23.2 Å². The van der Waals surface area contributed by atoms with E-state index in [9.17, 15) is 13.2 Å². The molecule has 0 aromatic heterocycles. The number of rotatable bonds is 3. The summed E-state index contributed by atoms with van der Waals surface area (Å²) in [5.41, 5.74) is 1.56. The molecule has 1 aliphatic rings. The van der Waals surface area contributed by atoms with E-state index in [4.69, 9.17) is 27.9 Å². The lowest BCUT2D eigenvalue weighted by atomic mass is 10.2. The molecule has 138 valence electrons. The van der Waals surface area contributed by atoms with Crippen molar-refractivity contribution < 1.29 is 17.9 Å². The molecule has 6 nitrogen and oxygen atoms in total. The van der Waals surface area contributed by atoms with Gasteiger partial charge in [-0.05, 0) is 56.2 Å². The van der Waals surface area contributed by atoms with Gasteiger partial charge in [0, 0.05) is 5.02 Å². The van der Waals surface area contributed by atoms with Crippen molar-refractivity contribution in [3.63, 3.8) is 0 Å². The molecule has 0 unspecified atom stereocenters. The van der Waals surface area contributed by atoms with E-state index >= 15 is 0 Å². The quantitative estimate of drug-likeness (QED) is 0.790. The minimum atomic E-state index is -3.99. The molecule has 0 fully saturated rings. The van der Waals surface area contributed by atoms with Crippen LogP contribution in [0.4, 0.5) is 11.4 Å². The predicted octanol–water partition coefficient (Wildman–Crippen LogP) is 4.13. The molecule has 0 saturated carbocycles. The van der Waals surface area contributed by atoms with Crippen molar-refractivity contribution in [3.05, 3.63) is 45.4 Å². The maximum absolute atomic E-state index is 12.9. The summed E-state index contributed by atoms with van der Waals surface area (Å²) in [6.07, 6.45) is -0.610. The maximum Gasteiger partial charge on any atom is 0.265 e. The average molecular weight is 415 g/mol. The summed E-state index contributed by atoms with van der Waals surface area (Å²) < 4.78 is 33.6. The van der Waals surface area contributed by atoms with E-state index in [1.54, 1.807) is 39.0 Å². The number of anilines is 2. The van der Waals surface area contributed by atoms with Crippen LogP contribution in [0.1, 0.15) is 18.1 Å². The van der Waals surface area contributed by atoms with Crippen molar-refractivity contribution in [2.45, 2.75) is 31.8 Å². The molecule has 0 aliphatic carbocycles. The number of nitrogens with one attached hydrogen (secondary N) is 2. The van der Waals surface area contributed by atoms with Gasteiger partial charge in [-0.3, -0.25) is 9.52 Å². The number of hydrogen-bond donors (Lipinski definition) is 2. The van der Waals surface area contributed by atoms with Gasteiger partial charge in [0.2, 0.25) is 0 Å². The standard InChI is InChI=1S/C17H16Cl2N2O4S/c1-8-6-12(18)9(2)16(15(8)19)26(23,24)21-11-4-5-14-13(7-11)20-17(22)10(3)25-14/h4-7,10,21H,1-3H3,(H,20,22)/t10-/m1/s1. The van der Waals surface area contributed by atoms with Crippen LogP contribution in [0.25, 0.3) is 0 Å². The highest BCUT2D eigenvalue weighted by molar-refractivity contribution is 7.93. The van der Waals surface area contributed by atoms with Crippen LogP contribution in [-0.4, -0.2) is 20.4 Å². The molecular weight excluding hydrogens is 399 g/mol. The molecule has 0 bridgehead atoms. The molecule has 0 radical (unpaired) electrons. The minimum absolute atomic E-state index is 0.0733. The third-order valence-corrected chi connectivity index (χ3v) is 6.56. The molecular formula is C17H16Cl2N2O4S. The van der Waals surface area contributed by atoms with Crippen molar-refractivity contribution in [2.75, 3.05) is 10.0 Å². The summed E-state index contributed by atoms with van der Waals surface area (Å²) in [6.45, 7) is 4.89. The number of carbonyl (C=O) groups is 1. The van der Waals surface area contributed by atoms with Crippen LogP contribution in [0.15, 0.2) is 29.2 Å². The number of aryl methyl sites for hydroxylation is 1. The number of amides is 1. The van der Waals surface area contributed by atoms with Crippen LogP contribution in [-0.2, 0) is 14.8 Å². The third kappa shape index (κ3) is 3.34. The van der Waals surface area contributed by atoms with Crippen LogP contribution >= 0.6 is 23.2 Å². The molecule has 26 heavy (non-hydrogen) atoms. The Morgan fingerprint density at radius 3 is 2.58 bits per heavy atom. The van der Waals surface area contributed by atoms with Crippen LogP contribution < -0.4 is 14.8 Å². The Morgan fingerprint density at radius 2 is 1.88 bits per heavy atom. The van der Waals surface area contributed by atoms with E-state index < -0.39 is 16.1 Å². The van der Waals surface area contributed by atoms with Gasteiger partial charge in [-0.25, -0.2) is 8.42 Å². The Bertz CT molecular complexity index is 996. The monoisotopic (exact) mass is 414 g/mol.